The van der Waals surface area contributed by atoms with E-state index < -0.39 is 4.92 Å². The lowest BCUT2D eigenvalue weighted by molar-refractivity contribution is -0.384. The summed E-state index contributed by atoms with van der Waals surface area (Å²) in [5, 5.41) is 22.8. The fourth-order valence-corrected chi connectivity index (χ4v) is 3.43. The zero-order valence-corrected chi connectivity index (χ0v) is 11.5. The van der Waals surface area contributed by atoms with E-state index in [2.05, 4.69) is 10.1 Å². The molecule has 0 spiro atoms. The van der Waals surface area contributed by atoms with Crippen LogP contribution >= 0.6 is 0 Å². The van der Waals surface area contributed by atoms with Gasteiger partial charge >= 0.3 is 5.69 Å². The molecule has 0 amide bonds. The smallest absolute Gasteiger partial charge is 0.312 e. The van der Waals surface area contributed by atoms with Crippen molar-refractivity contribution < 1.29 is 10.1 Å². The molecule has 2 unspecified atom stereocenters. The van der Waals surface area contributed by atoms with Gasteiger partial charge in [0, 0.05) is 30.9 Å². The van der Waals surface area contributed by atoms with Crippen molar-refractivity contribution in [1.82, 2.24) is 4.98 Å². The third kappa shape index (κ3) is 2.37. The quantitative estimate of drug-likeness (QED) is 0.285. The molecule has 1 saturated heterocycles. The predicted molar refractivity (Wildman–Crippen MR) is 76.4 cm³/mol. The third-order valence-electron chi connectivity index (χ3n) is 4.47. The van der Waals surface area contributed by atoms with Crippen molar-refractivity contribution >= 4 is 17.3 Å². The van der Waals surface area contributed by atoms with E-state index in [-0.39, 0.29) is 17.1 Å². The number of hydrogen-bond acceptors (Lipinski definition) is 6. The number of rotatable bonds is 3. The molecule has 8 heteroatoms. The summed E-state index contributed by atoms with van der Waals surface area (Å²) in [4.78, 5) is 17.0. The summed E-state index contributed by atoms with van der Waals surface area (Å²) >= 11 is 0. The summed E-state index contributed by atoms with van der Waals surface area (Å²) in [6.45, 7) is 1.64. The maximum absolute atomic E-state index is 11.3. The minimum Gasteiger partial charge on any atom is -0.409 e. The topological polar surface area (TPSA) is 118 Å². The van der Waals surface area contributed by atoms with E-state index in [1.807, 2.05) is 4.90 Å². The van der Waals surface area contributed by atoms with E-state index >= 15 is 0 Å². The van der Waals surface area contributed by atoms with Crippen molar-refractivity contribution in [2.75, 3.05) is 18.0 Å². The Labute approximate surface area is 121 Å². The van der Waals surface area contributed by atoms with Crippen molar-refractivity contribution in [2.45, 2.75) is 19.3 Å². The maximum atomic E-state index is 11.3. The lowest BCUT2D eigenvalue weighted by Gasteiger charge is -2.18. The van der Waals surface area contributed by atoms with E-state index in [1.165, 1.54) is 31.5 Å². The number of nitrogens with zero attached hydrogens (tertiary/aromatic N) is 4. The molecule has 2 aliphatic rings. The van der Waals surface area contributed by atoms with E-state index in [1.54, 1.807) is 0 Å². The second-order valence-corrected chi connectivity index (χ2v) is 5.67. The van der Waals surface area contributed by atoms with Crippen LogP contribution in [0.1, 0.15) is 24.8 Å². The molecule has 0 radical (unpaired) electrons. The van der Waals surface area contributed by atoms with Gasteiger partial charge in [0.15, 0.2) is 5.84 Å². The molecule has 2 heterocycles. The van der Waals surface area contributed by atoms with Crippen LogP contribution in [0.4, 0.5) is 11.5 Å². The van der Waals surface area contributed by atoms with Crippen molar-refractivity contribution in [3.63, 3.8) is 0 Å². The molecule has 0 bridgehead atoms. The Balaban J connectivity index is 1.93. The van der Waals surface area contributed by atoms with Gasteiger partial charge in [0.05, 0.1) is 4.92 Å². The molecule has 1 aromatic rings. The van der Waals surface area contributed by atoms with Crippen molar-refractivity contribution in [3.05, 3.63) is 27.9 Å². The lowest BCUT2D eigenvalue weighted by Crippen LogP contribution is -2.23. The van der Waals surface area contributed by atoms with Crippen LogP contribution in [0.5, 0.6) is 0 Å². The van der Waals surface area contributed by atoms with Crippen LogP contribution in [0, 0.1) is 22.0 Å². The number of anilines is 1. The minimum absolute atomic E-state index is 0.0981. The standard InChI is InChI=1S/C13H17N5O3/c14-12(16-19)10-4-11(18(20)21)13(15-5-10)17-6-8-2-1-3-9(8)7-17/h4-5,8-9,19H,1-3,6-7H2,(H2,14,16). The number of oxime groups is 1. The fourth-order valence-electron chi connectivity index (χ4n) is 3.43. The Bertz CT molecular complexity index is 591. The molecule has 8 nitrogen and oxygen atoms in total. The first kappa shape index (κ1) is 13.6. The van der Waals surface area contributed by atoms with Gasteiger partial charge in [0.25, 0.3) is 0 Å². The van der Waals surface area contributed by atoms with Gasteiger partial charge in [-0.15, -0.1) is 0 Å². The highest BCUT2D eigenvalue weighted by Gasteiger charge is 2.38. The number of aromatic nitrogens is 1. The highest BCUT2D eigenvalue weighted by molar-refractivity contribution is 5.97. The van der Waals surface area contributed by atoms with E-state index in [0.717, 1.165) is 13.1 Å². The number of amidine groups is 1. The Morgan fingerprint density at radius 3 is 2.71 bits per heavy atom. The molecule has 21 heavy (non-hydrogen) atoms. The summed E-state index contributed by atoms with van der Waals surface area (Å²) in [7, 11) is 0. The zero-order chi connectivity index (χ0) is 15.0. The lowest BCUT2D eigenvalue weighted by atomic mass is 10.0. The highest BCUT2D eigenvalue weighted by atomic mass is 16.6. The van der Waals surface area contributed by atoms with Crippen LogP contribution in [-0.2, 0) is 0 Å². The van der Waals surface area contributed by atoms with Crippen LogP contribution in [0.25, 0.3) is 0 Å². The molecule has 112 valence electrons. The molecule has 1 aliphatic carbocycles. The zero-order valence-electron chi connectivity index (χ0n) is 11.5. The first-order chi connectivity index (χ1) is 10.1. The van der Waals surface area contributed by atoms with Gasteiger partial charge in [-0.05, 0) is 24.7 Å². The summed E-state index contributed by atoms with van der Waals surface area (Å²) in [5.41, 5.74) is 5.61. The molecule has 2 fully saturated rings. The number of pyridine rings is 1. The van der Waals surface area contributed by atoms with Gasteiger partial charge in [-0.25, -0.2) is 4.98 Å². The predicted octanol–water partition coefficient (Wildman–Crippen LogP) is 1.32. The average Bonchev–Trinajstić information content (AvgIpc) is 3.06. The Morgan fingerprint density at radius 1 is 1.48 bits per heavy atom. The Morgan fingerprint density at radius 2 is 2.14 bits per heavy atom. The van der Waals surface area contributed by atoms with Gasteiger partial charge < -0.3 is 15.8 Å². The maximum Gasteiger partial charge on any atom is 0.312 e. The molecule has 1 saturated carbocycles. The van der Waals surface area contributed by atoms with Gasteiger partial charge in [-0.3, -0.25) is 10.1 Å². The minimum atomic E-state index is -0.468. The van der Waals surface area contributed by atoms with Gasteiger partial charge in [0.2, 0.25) is 5.82 Å². The normalized spacial score (nSPS) is 25.1. The molecule has 3 N–H and O–H groups in total. The second-order valence-electron chi connectivity index (χ2n) is 5.67. The summed E-state index contributed by atoms with van der Waals surface area (Å²) in [6, 6.07) is 1.31. The summed E-state index contributed by atoms with van der Waals surface area (Å²) in [5.74, 6) is 1.43. The van der Waals surface area contributed by atoms with Gasteiger partial charge in [0.1, 0.15) is 0 Å². The Hall–Kier alpha value is -2.38. The molecule has 3 rings (SSSR count). The number of fused-ring (bicyclic) bond motifs is 1. The van der Waals surface area contributed by atoms with Gasteiger partial charge in [-0.2, -0.15) is 0 Å². The largest absolute Gasteiger partial charge is 0.409 e. The number of nitro groups is 1. The number of nitrogens with two attached hydrogens (primary N) is 1. The highest BCUT2D eigenvalue weighted by Crippen LogP contribution is 2.41. The van der Waals surface area contributed by atoms with Crippen LogP contribution in [0.15, 0.2) is 17.4 Å². The molecular formula is C13H17N5O3. The van der Waals surface area contributed by atoms with Gasteiger partial charge in [-0.1, -0.05) is 11.6 Å². The number of hydrogen-bond donors (Lipinski definition) is 2. The second kappa shape index (κ2) is 5.19. The van der Waals surface area contributed by atoms with Crippen molar-refractivity contribution in [3.8, 4) is 0 Å². The van der Waals surface area contributed by atoms with E-state index in [9.17, 15) is 10.1 Å². The summed E-state index contributed by atoms with van der Waals surface area (Å²) < 4.78 is 0. The van der Waals surface area contributed by atoms with Crippen LogP contribution in [-0.4, -0.2) is 34.0 Å². The van der Waals surface area contributed by atoms with E-state index in [4.69, 9.17) is 10.9 Å². The average molecular weight is 291 g/mol. The fraction of sp³-hybridized carbons (Fsp3) is 0.538. The van der Waals surface area contributed by atoms with Crippen LogP contribution in [0.2, 0.25) is 0 Å². The Kier molecular flexibility index (Phi) is 3.36. The van der Waals surface area contributed by atoms with E-state index in [0.29, 0.717) is 17.7 Å². The molecule has 0 aromatic carbocycles. The monoisotopic (exact) mass is 291 g/mol. The molecule has 1 aromatic heterocycles. The van der Waals surface area contributed by atoms with Crippen LogP contribution in [0.3, 0.4) is 0 Å². The third-order valence-corrected chi connectivity index (χ3v) is 4.47. The van der Waals surface area contributed by atoms with Crippen molar-refractivity contribution in [1.29, 1.82) is 0 Å². The van der Waals surface area contributed by atoms with Crippen molar-refractivity contribution in [2.24, 2.45) is 22.7 Å². The SMILES string of the molecule is NC(=NO)c1cnc(N2CC3CCCC3C2)c([N+](=O)[O-])c1. The molecule has 2 atom stereocenters. The molecule has 1 aliphatic heterocycles. The van der Waals surface area contributed by atoms with Crippen LogP contribution < -0.4 is 10.6 Å². The molecular weight excluding hydrogens is 274 g/mol. The summed E-state index contributed by atoms with van der Waals surface area (Å²) in [6.07, 6.45) is 5.04. The first-order valence-corrected chi connectivity index (χ1v) is 6.97. The first-order valence-electron chi connectivity index (χ1n) is 6.97.